The summed E-state index contributed by atoms with van der Waals surface area (Å²) in [5, 5.41) is 3.21. The second-order valence-corrected chi connectivity index (χ2v) is 5.93. The average molecular weight is 256 g/mol. The van der Waals surface area contributed by atoms with Gasteiger partial charge in [0.1, 0.15) is 0 Å². The Labute approximate surface area is 101 Å². The van der Waals surface area contributed by atoms with Crippen molar-refractivity contribution in [1.29, 1.82) is 0 Å². The Kier molecular flexibility index (Phi) is 3.90. The summed E-state index contributed by atoms with van der Waals surface area (Å²) in [7, 11) is -3.31. The highest BCUT2D eigenvalue weighted by Crippen LogP contribution is 2.15. The summed E-state index contributed by atoms with van der Waals surface area (Å²) in [6, 6.07) is 0. The first-order valence-electron chi connectivity index (χ1n) is 5.63. The molecule has 0 bridgehead atoms. The molecular formula is C10H16N4O2S. The van der Waals surface area contributed by atoms with Crippen LogP contribution in [0.25, 0.3) is 0 Å². The van der Waals surface area contributed by atoms with Gasteiger partial charge in [-0.25, -0.2) is 13.4 Å². The van der Waals surface area contributed by atoms with E-state index in [1.807, 2.05) is 0 Å². The van der Waals surface area contributed by atoms with Gasteiger partial charge in [-0.3, -0.25) is 9.71 Å². The number of aromatic nitrogens is 2. The molecule has 1 aromatic heterocycles. The van der Waals surface area contributed by atoms with Crippen LogP contribution < -0.4 is 10.0 Å². The quantitative estimate of drug-likeness (QED) is 0.805. The zero-order chi connectivity index (χ0) is 12.1. The number of sulfonamides is 1. The van der Waals surface area contributed by atoms with Crippen LogP contribution in [-0.4, -0.2) is 37.2 Å². The SMILES string of the molecule is O=S(=O)(CC1CCNCC1)Nc1cnccn1. The molecule has 0 spiro atoms. The zero-order valence-corrected chi connectivity index (χ0v) is 10.3. The molecule has 6 nitrogen and oxygen atoms in total. The summed E-state index contributed by atoms with van der Waals surface area (Å²) in [4.78, 5) is 7.71. The van der Waals surface area contributed by atoms with E-state index in [0.29, 0.717) is 0 Å². The predicted molar refractivity (Wildman–Crippen MR) is 65.0 cm³/mol. The van der Waals surface area contributed by atoms with Crippen LogP contribution >= 0.6 is 0 Å². The molecule has 94 valence electrons. The Bertz CT molecular complexity index is 443. The fourth-order valence-corrected chi connectivity index (χ4v) is 3.37. The van der Waals surface area contributed by atoms with E-state index in [4.69, 9.17) is 0 Å². The van der Waals surface area contributed by atoms with Crippen LogP contribution in [0.4, 0.5) is 5.82 Å². The van der Waals surface area contributed by atoms with Crippen molar-refractivity contribution in [3.63, 3.8) is 0 Å². The minimum Gasteiger partial charge on any atom is -0.317 e. The lowest BCUT2D eigenvalue weighted by Crippen LogP contribution is -2.33. The standard InChI is InChI=1S/C10H16N4O2S/c15-17(16,8-9-1-3-11-4-2-9)14-10-7-12-5-6-13-10/h5-7,9,11H,1-4,8H2,(H,13,14). The zero-order valence-electron chi connectivity index (χ0n) is 9.46. The van der Waals surface area contributed by atoms with Gasteiger partial charge in [-0.05, 0) is 31.8 Å². The van der Waals surface area contributed by atoms with Gasteiger partial charge in [0, 0.05) is 12.4 Å². The molecule has 1 aliphatic heterocycles. The molecule has 2 heterocycles. The number of piperidine rings is 1. The molecule has 7 heteroatoms. The fourth-order valence-electron chi connectivity index (χ4n) is 1.91. The molecule has 0 saturated carbocycles. The maximum atomic E-state index is 11.9. The number of hydrogen-bond donors (Lipinski definition) is 2. The van der Waals surface area contributed by atoms with Crippen LogP contribution in [0.15, 0.2) is 18.6 Å². The van der Waals surface area contributed by atoms with E-state index in [-0.39, 0.29) is 17.5 Å². The second-order valence-electron chi connectivity index (χ2n) is 4.17. The van der Waals surface area contributed by atoms with E-state index in [1.165, 1.54) is 18.6 Å². The molecule has 0 aliphatic carbocycles. The molecule has 1 aliphatic rings. The van der Waals surface area contributed by atoms with Gasteiger partial charge in [0.15, 0.2) is 5.82 Å². The highest BCUT2D eigenvalue weighted by molar-refractivity contribution is 7.92. The molecule has 0 aromatic carbocycles. The van der Waals surface area contributed by atoms with Gasteiger partial charge in [0.25, 0.3) is 0 Å². The van der Waals surface area contributed by atoms with Crippen LogP contribution in [0, 0.1) is 5.92 Å². The van der Waals surface area contributed by atoms with Crippen molar-refractivity contribution in [2.24, 2.45) is 5.92 Å². The summed E-state index contributed by atoms with van der Waals surface area (Å²) < 4.78 is 26.2. The van der Waals surface area contributed by atoms with Crippen molar-refractivity contribution in [2.75, 3.05) is 23.6 Å². The molecular weight excluding hydrogens is 240 g/mol. The third-order valence-corrected chi connectivity index (χ3v) is 4.17. The van der Waals surface area contributed by atoms with Crippen molar-refractivity contribution in [1.82, 2.24) is 15.3 Å². The first-order chi connectivity index (χ1) is 8.16. The predicted octanol–water partition coefficient (Wildman–Crippen LogP) is 0.218. The topological polar surface area (TPSA) is 84.0 Å². The number of rotatable bonds is 4. The van der Waals surface area contributed by atoms with Crippen molar-refractivity contribution in [3.8, 4) is 0 Å². The molecule has 2 N–H and O–H groups in total. The van der Waals surface area contributed by atoms with E-state index in [9.17, 15) is 8.42 Å². The van der Waals surface area contributed by atoms with Gasteiger partial charge in [0.05, 0.1) is 11.9 Å². The van der Waals surface area contributed by atoms with Crippen molar-refractivity contribution in [3.05, 3.63) is 18.6 Å². The van der Waals surface area contributed by atoms with E-state index in [1.54, 1.807) is 0 Å². The van der Waals surface area contributed by atoms with Gasteiger partial charge in [-0.1, -0.05) is 0 Å². The molecule has 0 atom stereocenters. The van der Waals surface area contributed by atoms with E-state index < -0.39 is 10.0 Å². The average Bonchev–Trinajstić information content (AvgIpc) is 2.30. The van der Waals surface area contributed by atoms with Crippen LogP contribution in [0.3, 0.4) is 0 Å². The first kappa shape index (κ1) is 12.3. The minimum atomic E-state index is -3.31. The highest BCUT2D eigenvalue weighted by atomic mass is 32.2. The van der Waals surface area contributed by atoms with Gasteiger partial charge in [-0.2, -0.15) is 0 Å². The lowest BCUT2D eigenvalue weighted by Gasteiger charge is -2.22. The largest absolute Gasteiger partial charge is 0.317 e. The Morgan fingerprint density at radius 3 is 2.76 bits per heavy atom. The number of hydrogen-bond acceptors (Lipinski definition) is 5. The van der Waals surface area contributed by atoms with Gasteiger partial charge in [-0.15, -0.1) is 0 Å². The molecule has 0 unspecified atom stereocenters. The monoisotopic (exact) mass is 256 g/mol. The van der Waals surface area contributed by atoms with Crippen molar-refractivity contribution in [2.45, 2.75) is 12.8 Å². The molecule has 2 rings (SSSR count). The Morgan fingerprint density at radius 2 is 2.12 bits per heavy atom. The molecule has 1 fully saturated rings. The molecule has 1 saturated heterocycles. The lowest BCUT2D eigenvalue weighted by molar-refractivity contribution is 0.402. The van der Waals surface area contributed by atoms with Crippen LogP contribution in [0.5, 0.6) is 0 Å². The van der Waals surface area contributed by atoms with Gasteiger partial charge in [0.2, 0.25) is 10.0 Å². The number of nitrogens with zero attached hydrogens (tertiary/aromatic N) is 2. The second kappa shape index (κ2) is 5.42. The van der Waals surface area contributed by atoms with Crippen molar-refractivity contribution >= 4 is 15.8 Å². The fraction of sp³-hybridized carbons (Fsp3) is 0.600. The van der Waals surface area contributed by atoms with E-state index in [0.717, 1.165) is 25.9 Å². The smallest absolute Gasteiger partial charge is 0.234 e. The highest BCUT2D eigenvalue weighted by Gasteiger charge is 2.21. The number of anilines is 1. The summed E-state index contributed by atoms with van der Waals surface area (Å²) in [5.41, 5.74) is 0. The van der Waals surface area contributed by atoms with Gasteiger partial charge < -0.3 is 5.32 Å². The summed E-state index contributed by atoms with van der Waals surface area (Å²) in [6.45, 7) is 1.79. The molecule has 0 radical (unpaired) electrons. The lowest BCUT2D eigenvalue weighted by atomic mass is 10.0. The third-order valence-electron chi connectivity index (χ3n) is 2.74. The summed E-state index contributed by atoms with van der Waals surface area (Å²) >= 11 is 0. The molecule has 0 amide bonds. The van der Waals surface area contributed by atoms with Crippen LogP contribution in [-0.2, 0) is 10.0 Å². The van der Waals surface area contributed by atoms with E-state index >= 15 is 0 Å². The van der Waals surface area contributed by atoms with Crippen molar-refractivity contribution < 1.29 is 8.42 Å². The van der Waals surface area contributed by atoms with Gasteiger partial charge >= 0.3 is 0 Å². The maximum Gasteiger partial charge on any atom is 0.234 e. The maximum absolute atomic E-state index is 11.9. The molecule has 1 aromatic rings. The Morgan fingerprint density at radius 1 is 1.35 bits per heavy atom. The minimum absolute atomic E-state index is 0.158. The van der Waals surface area contributed by atoms with Crippen LogP contribution in [0.2, 0.25) is 0 Å². The van der Waals surface area contributed by atoms with Crippen LogP contribution in [0.1, 0.15) is 12.8 Å². The first-order valence-corrected chi connectivity index (χ1v) is 7.28. The molecule has 17 heavy (non-hydrogen) atoms. The Hall–Kier alpha value is -1.21. The summed E-state index contributed by atoms with van der Waals surface area (Å²) in [6.07, 6.45) is 6.18. The number of nitrogens with one attached hydrogen (secondary N) is 2. The Balaban J connectivity index is 1.94. The summed E-state index contributed by atoms with van der Waals surface area (Å²) in [5.74, 6) is 0.664. The normalized spacial score (nSPS) is 17.9. The third kappa shape index (κ3) is 3.94. The van der Waals surface area contributed by atoms with E-state index in [2.05, 4.69) is 20.0 Å².